The van der Waals surface area contributed by atoms with Gasteiger partial charge < -0.3 is 15.6 Å². The summed E-state index contributed by atoms with van der Waals surface area (Å²) in [7, 11) is 1.82. The van der Waals surface area contributed by atoms with Crippen LogP contribution in [0.1, 0.15) is 16.1 Å². The third kappa shape index (κ3) is 3.44. The van der Waals surface area contributed by atoms with Gasteiger partial charge in [-0.1, -0.05) is 48.5 Å². The number of nitrogens with one attached hydrogen (secondary N) is 1. The average molecular weight is 400 g/mol. The minimum absolute atomic E-state index is 0.342. The molecule has 2 aromatic carbocycles. The van der Waals surface area contributed by atoms with E-state index in [0.29, 0.717) is 16.6 Å². The van der Waals surface area contributed by atoms with Crippen LogP contribution in [0.5, 0.6) is 0 Å². The van der Waals surface area contributed by atoms with Crippen molar-refractivity contribution >= 4 is 38.6 Å². The largest absolute Gasteiger partial charge is 0.368 e. The Morgan fingerprint density at radius 3 is 2.40 bits per heavy atom. The van der Waals surface area contributed by atoms with Gasteiger partial charge in [0.15, 0.2) is 0 Å². The molecule has 1 unspecified atom stereocenters. The first-order chi connectivity index (χ1) is 12.0. The van der Waals surface area contributed by atoms with Crippen LogP contribution in [0, 0.1) is 0 Å². The maximum absolute atomic E-state index is 12.8. The second-order valence-corrected chi connectivity index (χ2v) is 6.65. The van der Waals surface area contributed by atoms with E-state index in [2.05, 4.69) is 21.2 Å². The topological polar surface area (TPSA) is 77.1 Å². The molecule has 3 N–H and O–H groups in total. The number of nitrogens with two attached hydrogens (primary N) is 1. The minimum atomic E-state index is -0.778. The number of fused-ring (bicyclic) bond motifs is 1. The van der Waals surface area contributed by atoms with E-state index in [4.69, 9.17) is 5.73 Å². The molecule has 1 aromatic heterocycles. The summed E-state index contributed by atoms with van der Waals surface area (Å²) in [4.78, 5) is 24.6. The quantitative estimate of drug-likeness (QED) is 0.691. The van der Waals surface area contributed by atoms with Crippen molar-refractivity contribution in [2.45, 2.75) is 12.5 Å². The van der Waals surface area contributed by atoms with E-state index < -0.39 is 11.9 Å². The molecule has 0 bridgehead atoms. The maximum atomic E-state index is 12.8. The molecule has 0 aliphatic rings. The fraction of sp³-hybridized carbons (Fsp3) is 0.158. The van der Waals surface area contributed by atoms with Gasteiger partial charge in [0.25, 0.3) is 5.91 Å². The number of carbonyl (C=O) groups excluding carboxylic acids is 2. The van der Waals surface area contributed by atoms with E-state index in [1.807, 2.05) is 61.6 Å². The normalized spacial score (nSPS) is 12.1. The van der Waals surface area contributed by atoms with Gasteiger partial charge in [-0.25, -0.2) is 0 Å². The van der Waals surface area contributed by atoms with Crippen LogP contribution in [0.3, 0.4) is 0 Å². The first kappa shape index (κ1) is 17.2. The number of primary amides is 1. The number of halogens is 1. The van der Waals surface area contributed by atoms with E-state index in [9.17, 15) is 9.59 Å². The van der Waals surface area contributed by atoms with E-state index in [1.165, 1.54) is 0 Å². The Labute approximate surface area is 153 Å². The highest BCUT2D eigenvalue weighted by Crippen LogP contribution is 2.30. The van der Waals surface area contributed by atoms with Crippen molar-refractivity contribution in [3.63, 3.8) is 0 Å². The molecule has 1 heterocycles. The SMILES string of the molecule is Cn1c(C(=O)NC(Cc2ccccc2)C(N)=O)c(Br)c2ccccc21. The molecule has 5 nitrogen and oxygen atoms in total. The van der Waals surface area contributed by atoms with Crippen LogP contribution >= 0.6 is 15.9 Å². The molecule has 0 radical (unpaired) electrons. The summed E-state index contributed by atoms with van der Waals surface area (Å²) in [6.45, 7) is 0. The molecule has 2 amide bonds. The fourth-order valence-corrected chi connectivity index (χ4v) is 3.68. The summed E-state index contributed by atoms with van der Waals surface area (Å²) >= 11 is 3.50. The predicted octanol–water partition coefficient (Wildman–Crippen LogP) is 2.77. The average Bonchev–Trinajstić information content (AvgIpc) is 2.86. The first-order valence-corrected chi connectivity index (χ1v) is 8.65. The van der Waals surface area contributed by atoms with Gasteiger partial charge in [-0.05, 0) is 27.6 Å². The Hall–Kier alpha value is -2.60. The molecule has 3 aromatic rings. The van der Waals surface area contributed by atoms with E-state index >= 15 is 0 Å². The zero-order chi connectivity index (χ0) is 18.0. The van der Waals surface area contributed by atoms with Crippen molar-refractivity contribution in [3.05, 3.63) is 70.3 Å². The molecule has 6 heteroatoms. The van der Waals surface area contributed by atoms with Crippen molar-refractivity contribution < 1.29 is 9.59 Å². The summed E-state index contributed by atoms with van der Waals surface area (Å²) < 4.78 is 2.50. The van der Waals surface area contributed by atoms with Gasteiger partial charge >= 0.3 is 0 Å². The van der Waals surface area contributed by atoms with E-state index in [0.717, 1.165) is 16.5 Å². The van der Waals surface area contributed by atoms with Crippen LogP contribution in [0.15, 0.2) is 59.1 Å². The third-order valence-corrected chi connectivity index (χ3v) is 4.99. The molecule has 0 aliphatic heterocycles. The highest BCUT2D eigenvalue weighted by molar-refractivity contribution is 9.10. The van der Waals surface area contributed by atoms with Crippen molar-refractivity contribution in [2.75, 3.05) is 0 Å². The van der Waals surface area contributed by atoms with Crippen LogP contribution in [-0.2, 0) is 18.3 Å². The lowest BCUT2D eigenvalue weighted by Gasteiger charge is -2.16. The van der Waals surface area contributed by atoms with Gasteiger partial charge in [0, 0.05) is 24.4 Å². The lowest BCUT2D eigenvalue weighted by Crippen LogP contribution is -2.46. The molecular weight excluding hydrogens is 382 g/mol. The highest BCUT2D eigenvalue weighted by Gasteiger charge is 2.24. The number of aryl methyl sites for hydroxylation is 1. The summed E-state index contributed by atoms with van der Waals surface area (Å²) in [5, 5.41) is 3.70. The van der Waals surface area contributed by atoms with Gasteiger partial charge in [0.2, 0.25) is 5.91 Å². The standard InChI is InChI=1S/C19H18BrN3O2/c1-23-15-10-6-5-9-13(15)16(20)17(23)19(25)22-14(18(21)24)11-12-7-3-2-4-8-12/h2-10,14H,11H2,1H3,(H2,21,24)(H,22,25). The number of nitrogens with zero attached hydrogens (tertiary/aromatic N) is 1. The molecule has 0 spiro atoms. The maximum Gasteiger partial charge on any atom is 0.269 e. The zero-order valence-electron chi connectivity index (χ0n) is 13.7. The van der Waals surface area contributed by atoms with Gasteiger partial charge in [0.05, 0.1) is 4.47 Å². The number of amides is 2. The summed E-state index contributed by atoms with van der Waals surface area (Å²) in [6.07, 6.45) is 0.351. The monoisotopic (exact) mass is 399 g/mol. The third-order valence-electron chi connectivity index (χ3n) is 4.19. The number of hydrogen-bond donors (Lipinski definition) is 2. The predicted molar refractivity (Wildman–Crippen MR) is 101 cm³/mol. The van der Waals surface area contributed by atoms with Crippen LogP contribution in [0.2, 0.25) is 0 Å². The molecule has 128 valence electrons. The Kier molecular flexibility index (Phi) is 4.90. The van der Waals surface area contributed by atoms with Gasteiger partial charge in [-0.2, -0.15) is 0 Å². The molecule has 0 saturated carbocycles. The van der Waals surface area contributed by atoms with E-state index in [1.54, 1.807) is 4.57 Å². The van der Waals surface area contributed by atoms with Crippen LogP contribution in [-0.4, -0.2) is 22.4 Å². The van der Waals surface area contributed by atoms with E-state index in [-0.39, 0.29) is 5.91 Å². The Balaban J connectivity index is 1.88. The van der Waals surface area contributed by atoms with Crippen LogP contribution < -0.4 is 11.1 Å². The Morgan fingerprint density at radius 1 is 1.12 bits per heavy atom. The first-order valence-electron chi connectivity index (χ1n) is 7.86. The lowest BCUT2D eigenvalue weighted by atomic mass is 10.1. The van der Waals surface area contributed by atoms with Crippen molar-refractivity contribution in [1.29, 1.82) is 0 Å². The van der Waals surface area contributed by atoms with Crippen molar-refractivity contribution in [1.82, 2.24) is 9.88 Å². The zero-order valence-corrected chi connectivity index (χ0v) is 15.3. The second-order valence-electron chi connectivity index (χ2n) is 5.86. The molecule has 1 atom stereocenters. The number of carbonyl (C=O) groups is 2. The summed E-state index contributed by atoms with van der Waals surface area (Å²) in [6, 6.07) is 16.4. The molecule has 0 aliphatic carbocycles. The van der Waals surface area contributed by atoms with Crippen molar-refractivity contribution in [3.8, 4) is 0 Å². The lowest BCUT2D eigenvalue weighted by molar-refractivity contribution is -0.119. The van der Waals surface area contributed by atoms with Gasteiger partial charge in [-0.3, -0.25) is 9.59 Å². The smallest absolute Gasteiger partial charge is 0.269 e. The summed E-state index contributed by atoms with van der Waals surface area (Å²) in [5.74, 6) is -0.905. The fourth-order valence-electron chi connectivity index (χ4n) is 2.90. The minimum Gasteiger partial charge on any atom is -0.368 e. The van der Waals surface area contributed by atoms with Crippen LogP contribution in [0.4, 0.5) is 0 Å². The van der Waals surface area contributed by atoms with Crippen molar-refractivity contribution in [2.24, 2.45) is 12.8 Å². The van der Waals surface area contributed by atoms with Gasteiger partial charge in [-0.15, -0.1) is 0 Å². The number of para-hydroxylation sites is 1. The highest BCUT2D eigenvalue weighted by atomic mass is 79.9. The molecule has 0 saturated heterocycles. The second kappa shape index (κ2) is 7.11. The summed E-state index contributed by atoms with van der Waals surface area (Å²) in [5.41, 5.74) is 7.81. The molecular formula is C19H18BrN3O2. The number of benzene rings is 2. The number of hydrogen-bond acceptors (Lipinski definition) is 2. The number of aromatic nitrogens is 1. The Morgan fingerprint density at radius 2 is 1.76 bits per heavy atom. The van der Waals surface area contributed by atoms with Gasteiger partial charge in [0.1, 0.15) is 11.7 Å². The van der Waals surface area contributed by atoms with Crippen LogP contribution in [0.25, 0.3) is 10.9 Å². The number of rotatable bonds is 5. The molecule has 0 fully saturated rings. The Bertz CT molecular complexity index is 895. The molecule has 25 heavy (non-hydrogen) atoms. The molecule has 3 rings (SSSR count).